The molecule has 9 heteroatoms. The molecule has 0 bridgehead atoms. The van der Waals surface area contributed by atoms with E-state index in [1.807, 2.05) is 72.8 Å². The maximum absolute atomic E-state index is 13.4. The minimum Gasteiger partial charge on any atom is -0.392 e. The Hall–Kier alpha value is -4.91. The molecule has 7 rings (SSSR count). The van der Waals surface area contributed by atoms with Crippen molar-refractivity contribution in [1.29, 1.82) is 5.26 Å². The minimum absolute atomic E-state index is 0.132. The summed E-state index contributed by atoms with van der Waals surface area (Å²) in [6.07, 6.45) is 2.61. The third-order valence-electron chi connectivity index (χ3n) is 8.61. The maximum atomic E-state index is 13.4. The number of aliphatic hydroxyl groups is 1. The van der Waals surface area contributed by atoms with Gasteiger partial charge in [-0.25, -0.2) is 0 Å². The van der Waals surface area contributed by atoms with Crippen molar-refractivity contribution < 1.29 is 24.3 Å². The molecule has 3 saturated heterocycles. The fourth-order valence-electron chi connectivity index (χ4n) is 6.69. The predicted molar refractivity (Wildman–Crippen MR) is 155 cm³/mol. The van der Waals surface area contributed by atoms with Crippen LogP contribution in [-0.4, -0.2) is 62.1 Å². The average molecular weight is 575 g/mol. The molecule has 0 unspecified atom stereocenters. The minimum atomic E-state index is -0.493. The van der Waals surface area contributed by atoms with Crippen LogP contribution in [0.3, 0.4) is 0 Å². The lowest BCUT2D eigenvalue weighted by atomic mass is 9.85. The van der Waals surface area contributed by atoms with Crippen molar-refractivity contribution in [3.05, 3.63) is 119 Å². The molecular weight excluding hydrogens is 544 g/mol. The third-order valence-corrected chi connectivity index (χ3v) is 8.61. The molecule has 43 heavy (non-hydrogen) atoms. The van der Waals surface area contributed by atoms with E-state index < -0.39 is 17.9 Å². The molecule has 0 spiro atoms. The first-order valence-corrected chi connectivity index (χ1v) is 14.3. The molecule has 216 valence electrons. The zero-order valence-electron chi connectivity index (χ0n) is 23.3. The van der Waals surface area contributed by atoms with Crippen LogP contribution >= 0.6 is 0 Å². The van der Waals surface area contributed by atoms with Crippen molar-refractivity contribution in [1.82, 2.24) is 14.7 Å². The summed E-state index contributed by atoms with van der Waals surface area (Å²) in [5, 5.41) is 19.3. The van der Waals surface area contributed by atoms with E-state index >= 15 is 0 Å². The van der Waals surface area contributed by atoms with Crippen LogP contribution in [0.4, 0.5) is 0 Å². The van der Waals surface area contributed by atoms with Crippen LogP contribution in [0.1, 0.15) is 34.7 Å². The highest BCUT2D eigenvalue weighted by molar-refractivity contribution is 6.12. The van der Waals surface area contributed by atoms with Crippen molar-refractivity contribution in [2.45, 2.75) is 37.7 Å². The topological polar surface area (TPSA) is 122 Å². The Labute approximate surface area is 249 Å². The Morgan fingerprint density at radius 3 is 1.81 bits per heavy atom. The Balaban J connectivity index is 0.000000197. The third kappa shape index (κ3) is 5.39. The summed E-state index contributed by atoms with van der Waals surface area (Å²) in [7, 11) is 0. The molecule has 4 aliphatic rings. The molecule has 4 heterocycles. The van der Waals surface area contributed by atoms with Gasteiger partial charge in [-0.3, -0.25) is 33.9 Å². The van der Waals surface area contributed by atoms with Crippen LogP contribution in [0.2, 0.25) is 0 Å². The highest BCUT2D eigenvalue weighted by atomic mass is 16.3. The number of amides is 4. The number of hydrogen-bond donors (Lipinski definition) is 1. The maximum Gasteiger partial charge on any atom is 0.253 e. The first kappa shape index (κ1) is 28.2. The number of benzene rings is 3. The van der Waals surface area contributed by atoms with Crippen LogP contribution in [0.25, 0.3) is 0 Å². The van der Waals surface area contributed by atoms with Gasteiger partial charge in [-0.1, -0.05) is 72.8 Å². The van der Waals surface area contributed by atoms with Crippen molar-refractivity contribution in [3.8, 4) is 6.07 Å². The van der Waals surface area contributed by atoms with E-state index in [2.05, 4.69) is 11.0 Å². The molecule has 4 aliphatic heterocycles. The molecular formula is C34H30N4O5. The van der Waals surface area contributed by atoms with E-state index in [1.54, 1.807) is 12.1 Å². The lowest BCUT2D eigenvalue weighted by Crippen LogP contribution is -2.39. The summed E-state index contributed by atoms with van der Waals surface area (Å²) in [5.74, 6) is -1.62. The first-order valence-electron chi connectivity index (χ1n) is 14.3. The fraction of sp³-hybridized carbons (Fsp3) is 0.265. The van der Waals surface area contributed by atoms with Gasteiger partial charge in [0.1, 0.15) is 0 Å². The summed E-state index contributed by atoms with van der Waals surface area (Å²) in [4.78, 5) is 53.8. The van der Waals surface area contributed by atoms with Gasteiger partial charge in [-0.2, -0.15) is 5.26 Å². The average Bonchev–Trinajstić information content (AvgIpc) is 3.72. The van der Waals surface area contributed by atoms with Crippen LogP contribution < -0.4 is 0 Å². The van der Waals surface area contributed by atoms with Crippen LogP contribution in [0.15, 0.2) is 97.1 Å². The number of fused-ring (bicyclic) bond motifs is 3. The molecule has 5 atom stereocenters. The number of aliphatic hydroxyl groups excluding tert-OH is 1. The second kappa shape index (κ2) is 11.8. The van der Waals surface area contributed by atoms with E-state index in [9.17, 15) is 24.3 Å². The summed E-state index contributed by atoms with van der Waals surface area (Å²) in [5.41, 5.74) is 3.35. The largest absolute Gasteiger partial charge is 0.392 e. The van der Waals surface area contributed by atoms with Gasteiger partial charge in [0.05, 0.1) is 42.7 Å². The zero-order valence-corrected chi connectivity index (χ0v) is 23.3. The fourth-order valence-corrected chi connectivity index (χ4v) is 6.69. The Morgan fingerprint density at radius 1 is 0.721 bits per heavy atom. The van der Waals surface area contributed by atoms with Gasteiger partial charge in [0, 0.05) is 30.8 Å². The molecule has 0 aromatic heterocycles. The normalized spacial score (nSPS) is 25.9. The Morgan fingerprint density at radius 2 is 1.26 bits per heavy atom. The number of nitrogens with zero attached hydrogens (tertiary/aromatic N) is 4. The number of carbonyl (C=O) groups excluding carboxylic acids is 4. The second-order valence-electron chi connectivity index (χ2n) is 11.2. The number of rotatable bonds is 5. The smallest absolute Gasteiger partial charge is 0.253 e. The van der Waals surface area contributed by atoms with Gasteiger partial charge in [0.15, 0.2) is 0 Å². The summed E-state index contributed by atoms with van der Waals surface area (Å²) >= 11 is 0. The number of hydrogen-bond acceptors (Lipinski definition) is 7. The van der Waals surface area contributed by atoms with Gasteiger partial charge in [-0.15, -0.1) is 0 Å². The molecule has 9 nitrogen and oxygen atoms in total. The van der Waals surface area contributed by atoms with Gasteiger partial charge >= 0.3 is 0 Å². The summed E-state index contributed by atoms with van der Waals surface area (Å²) < 4.78 is 0. The van der Waals surface area contributed by atoms with E-state index in [0.717, 1.165) is 16.7 Å². The molecule has 3 aromatic carbocycles. The van der Waals surface area contributed by atoms with Crippen LogP contribution in [-0.2, 0) is 32.3 Å². The summed E-state index contributed by atoms with van der Waals surface area (Å²) in [6, 6.07) is 27.9. The van der Waals surface area contributed by atoms with Crippen molar-refractivity contribution in [2.75, 3.05) is 6.54 Å². The van der Waals surface area contributed by atoms with Crippen molar-refractivity contribution in [3.63, 3.8) is 0 Å². The number of imide groups is 2. The molecule has 0 aliphatic carbocycles. The highest BCUT2D eigenvalue weighted by Gasteiger charge is 2.64. The van der Waals surface area contributed by atoms with Gasteiger partial charge < -0.3 is 5.11 Å². The molecule has 0 radical (unpaired) electrons. The monoisotopic (exact) mass is 574 g/mol. The Kier molecular flexibility index (Phi) is 7.72. The second-order valence-corrected chi connectivity index (χ2v) is 11.2. The van der Waals surface area contributed by atoms with E-state index in [-0.39, 0.29) is 42.3 Å². The lowest BCUT2D eigenvalue weighted by molar-refractivity contribution is -0.142. The quantitative estimate of drug-likeness (QED) is 0.465. The molecule has 3 fully saturated rings. The van der Waals surface area contributed by atoms with Gasteiger partial charge in [-0.05, 0) is 35.2 Å². The first-order chi connectivity index (χ1) is 20.9. The summed E-state index contributed by atoms with van der Waals surface area (Å²) in [6.45, 7) is 1.09. The SMILES string of the molecule is N#Cc1ccc([C@H]2[C@@H]3C(=O)N(Cc4ccccc4)C(=O)[C@@H]3[C@@H]3C[C@@H](O)CN32)cc1.O=C1C=CC(=O)N1Cc1ccccc1. The van der Waals surface area contributed by atoms with Crippen molar-refractivity contribution in [2.24, 2.45) is 11.8 Å². The zero-order chi connectivity index (χ0) is 30.1. The lowest BCUT2D eigenvalue weighted by Gasteiger charge is -2.28. The van der Waals surface area contributed by atoms with Crippen LogP contribution in [0, 0.1) is 23.2 Å². The van der Waals surface area contributed by atoms with Crippen LogP contribution in [0.5, 0.6) is 0 Å². The van der Waals surface area contributed by atoms with Crippen molar-refractivity contribution >= 4 is 23.6 Å². The number of nitriles is 1. The van der Waals surface area contributed by atoms with Gasteiger partial charge in [0.2, 0.25) is 11.8 Å². The Bertz CT molecular complexity index is 1600. The van der Waals surface area contributed by atoms with E-state index in [1.165, 1.54) is 22.0 Å². The standard InChI is InChI=1S/C23H21N3O3.C11H9NO2/c24-11-14-6-8-16(9-7-14)21-20-19(18-10-17(27)13-25(18)21)22(28)26(23(20)29)12-15-4-2-1-3-5-15;13-10-6-7-11(14)12(10)8-9-4-2-1-3-5-9/h1-9,17-21,27H,10,12-13H2;1-7H,8H2/t17-,18+,19-,20-,21+;/m1./s1. The number of carbonyl (C=O) groups is 4. The molecule has 4 amide bonds. The van der Waals surface area contributed by atoms with Gasteiger partial charge in [0.25, 0.3) is 11.8 Å². The molecule has 0 saturated carbocycles. The van der Waals surface area contributed by atoms with E-state index in [0.29, 0.717) is 25.1 Å². The predicted octanol–water partition coefficient (Wildman–Crippen LogP) is 2.96. The van der Waals surface area contributed by atoms with E-state index in [4.69, 9.17) is 5.26 Å². The highest BCUT2D eigenvalue weighted by Crippen LogP contribution is 2.53. The molecule has 1 N–H and O–H groups in total. The number of likely N-dealkylation sites (tertiary alicyclic amines) is 1. The molecule has 3 aromatic rings.